The Bertz CT molecular complexity index is 755. The Balaban J connectivity index is 1.58. The van der Waals surface area contributed by atoms with Crippen LogP contribution >= 0.6 is 27.7 Å². The second-order valence-electron chi connectivity index (χ2n) is 6.18. The quantitative estimate of drug-likeness (QED) is 0.480. The third-order valence-corrected chi connectivity index (χ3v) is 5.56. The van der Waals surface area contributed by atoms with Gasteiger partial charge in [-0.05, 0) is 30.5 Å². The van der Waals surface area contributed by atoms with Crippen molar-refractivity contribution in [2.45, 2.75) is 37.0 Å². The minimum atomic E-state index is 0.0778. The third-order valence-electron chi connectivity index (χ3n) is 4.08. The SMILES string of the molecule is C=CCn1c(SCC(=O)N(C)Cc2ccc(Br)cc2)nnc1C1CC1. The van der Waals surface area contributed by atoms with Gasteiger partial charge >= 0.3 is 0 Å². The van der Waals surface area contributed by atoms with Gasteiger partial charge in [0, 0.05) is 30.5 Å². The molecule has 1 fully saturated rings. The minimum absolute atomic E-state index is 0.0778. The zero-order valence-electron chi connectivity index (χ0n) is 14.2. The Kier molecular flexibility index (Phi) is 5.96. The normalized spacial score (nSPS) is 13.7. The number of aromatic nitrogens is 3. The highest BCUT2D eigenvalue weighted by Gasteiger charge is 2.30. The molecule has 1 aliphatic carbocycles. The molecule has 0 aliphatic heterocycles. The van der Waals surface area contributed by atoms with Crippen LogP contribution in [0.2, 0.25) is 0 Å². The Labute approximate surface area is 160 Å². The van der Waals surface area contributed by atoms with Crippen molar-refractivity contribution in [2.75, 3.05) is 12.8 Å². The lowest BCUT2D eigenvalue weighted by Gasteiger charge is -2.17. The predicted molar refractivity (Wildman–Crippen MR) is 104 cm³/mol. The van der Waals surface area contributed by atoms with Crippen molar-refractivity contribution < 1.29 is 4.79 Å². The number of carbonyl (C=O) groups excluding carboxylic acids is 1. The zero-order valence-corrected chi connectivity index (χ0v) is 16.6. The molecule has 0 spiro atoms. The molecular formula is C18H21BrN4OS. The summed E-state index contributed by atoms with van der Waals surface area (Å²) in [7, 11) is 1.83. The summed E-state index contributed by atoms with van der Waals surface area (Å²) < 4.78 is 3.12. The Morgan fingerprint density at radius 2 is 2.12 bits per heavy atom. The van der Waals surface area contributed by atoms with E-state index >= 15 is 0 Å². The van der Waals surface area contributed by atoms with Gasteiger partial charge in [0.15, 0.2) is 5.16 Å². The van der Waals surface area contributed by atoms with Crippen LogP contribution in [0.15, 0.2) is 46.5 Å². The van der Waals surface area contributed by atoms with E-state index in [4.69, 9.17) is 0 Å². The monoisotopic (exact) mass is 420 g/mol. The number of halogens is 1. The molecule has 0 unspecified atom stereocenters. The van der Waals surface area contributed by atoms with E-state index in [-0.39, 0.29) is 5.91 Å². The highest BCUT2D eigenvalue weighted by atomic mass is 79.9. The molecule has 1 aromatic carbocycles. The molecule has 1 aliphatic rings. The molecule has 1 heterocycles. The summed E-state index contributed by atoms with van der Waals surface area (Å²) in [6.45, 7) is 5.09. The fraction of sp³-hybridized carbons (Fsp3) is 0.389. The van der Waals surface area contributed by atoms with E-state index in [1.165, 1.54) is 24.6 Å². The van der Waals surface area contributed by atoms with Crippen LogP contribution in [-0.4, -0.2) is 38.4 Å². The number of rotatable bonds is 8. The van der Waals surface area contributed by atoms with Crippen molar-refractivity contribution >= 4 is 33.6 Å². The number of allylic oxidation sites excluding steroid dienone is 1. The first-order valence-electron chi connectivity index (χ1n) is 8.23. The van der Waals surface area contributed by atoms with E-state index < -0.39 is 0 Å². The van der Waals surface area contributed by atoms with Gasteiger partial charge in [0.2, 0.25) is 5.91 Å². The standard InChI is InChI=1S/C18H21BrN4OS/c1-3-10-23-17(14-6-7-14)20-21-18(23)25-12-16(24)22(2)11-13-4-8-15(19)9-5-13/h3-5,8-9,14H,1,6-7,10-12H2,2H3. The second-order valence-corrected chi connectivity index (χ2v) is 8.04. The van der Waals surface area contributed by atoms with Crippen molar-refractivity contribution in [3.05, 3.63) is 52.8 Å². The van der Waals surface area contributed by atoms with Gasteiger partial charge < -0.3 is 9.47 Å². The van der Waals surface area contributed by atoms with Crippen molar-refractivity contribution in [1.82, 2.24) is 19.7 Å². The van der Waals surface area contributed by atoms with Gasteiger partial charge in [0.05, 0.1) is 5.75 Å². The topological polar surface area (TPSA) is 51.0 Å². The second kappa shape index (κ2) is 8.19. The molecule has 7 heteroatoms. The predicted octanol–water partition coefficient (Wildman–Crippen LogP) is 3.85. The summed E-state index contributed by atoms with van der Waals surface area (Å²) in [5.74, 6) is 1.98. The number of nitrogens with zero attached hydrogens (tertiary/aromatic N) is 4. The van der Waals surface area contributed by atoms with Gasteiger partial charge in [0.25, 0.3) is 0 Å². The van der Waals surface area contributed by atoms with Gasteiger partial charge in [-0.15, -0.1) is 16.8 Å². The van der Waals surface area contributed by atoms with Crippen molar-refractivity contribution in [3.8, 4) is 0 Å². The number of carbonyl (C=O) groups is 1. The van der Waals surface area contributed by atoms with E-state index in [1.54, 1.807) is 4.90 Å². The molecule has 1 saturated carbocycles. The molecule has 1 aromatic heterocycles. The van der Waals surface area contributed by atoms with Gasteiger partial charge in [-0.1, -0.05) is 45.9 Å². The van der Waals surface area contributed by atoms with Crippen molar-refractivity contribution in [3.63, 3.8) is 0 Å². The molecule has 0 saturated heterocycles. The number of thioether (sulfide) groups is 1. The summed E-state index contributed by atoms with van der Waals surface area (Å²) in [6, 6.07) is 8.01. The fourth-order valence-electron chi connectivity index (χ4n) is 2.54. The van der Waals surface area contributed by atoms with Crippen LogP contribution in [0.4, 0.5) is 0 Å². The van der Waals surface area contributed by atoms with Crippen molar-refractivity contribution in [2.24, 2.45) is 0 Å². The molecule has 3 rings (SSSR count). The lowest BCUT2D eigenvalue weighted by molar-refractivity contribution is -0.127. The maximum atomic E-state index is 12.4. The molecule has 5 nitrogen and oxygen atoms in total. The van der Waals surface area contributed by atoms with Crippen molar-refractivity contribution in [1.29, 1.82) is 0 Å². The van der Waals surface area contributed by atoms with Gasteiger partial charge in [0.1, 0.15) is 5.82 Å². The van der Waals surface area contributed by atoms with Crippen LogP contribution in [-0.2, 0) is 17.9 Å². The largest absolute Gasteiger partial charge is 0.341 e. The van der Waals surface area contributed by atoms with E-state index in [0.29, 0.717) is 24.8 Å². The molecule has 2 aromatic rings. The molecule has 0 atom stereocenters. The molecule has 0 radical (unpaired) electrons. The molecule has 0 bridgehead atoms. The zero-order chi connectivity index (χ0) is 17.8. The fourth-order valence-corrected chi connectivity index (χ4v) is 3.70. The summed E-state index contributed by atoms with van der Waals surface area (Å²) >= 11 is 4.87. The van der Waals surface area contributed by atoms with Gasteiger partial charge in [-0.3, -0.25) is 4.79 Å². The Hall–Kier alpha value is -1.60. The maximum absolute atomic E-state index is 12.4. The van der Waals surface area contributed by atoms with E-state index in [9.17, 15) is 4.79 Å². The average Bonchev–Trinajstić information content (AvgIpc) is 3.37. The number of amides is 1. The van der Waals surface area contributed by atoms with E-state index in [0.717, 1.165) is 21.0 Å². The smallest absolute Gasteiger partial charge is 0.233 e. The molecular weight excluding hydrogens is 400 g/mol. The van der Waals surface area contributed by atoms with Crippen LogP contribution in [0, 0.1) is 0 Å². The van der Waals surface area contributed by atoms with E-state index in [2.05, 4.69) is 37.3 Å². The van der Waals surface area contributed by atoms with Gasteiger partial charge in [-0.25, -0.2) is 0 Å². The summed E-state index contributed by atoms with van der Waals surface area (Å²) in [6.07, 6.45) is 4.20. The maximum Gasteiger partial charge on any atom is 0.233 e. The number of hydrogen-bond donors (Lipinski definition) is 0. The van der Waals surface area contributed by atoms with Crippen LogP contribution in [0.25, 0.3) is 0 Å². The first-order valence-corrected chi connectivity index (χ1v) is 10.0. The third kappa shape index (κ3) is 4.73. The Morgan fingerprint density at radius 1 is 1.40 bits per heavy atom. The highest BCUT2D eigenvalue weighted by molar-refractivity contribution is 9.10. The highest BCUT2D eigenvalue weighted by Crippen LogP contribution is 2.40. The lowest BCUT2D eigenvalue weighted by Crippen LogP contribution is -2.27. The first-order chi connectivity index (χ1) is 12.1. The van der Waals surface area contributed by atoms with Crippen LogP contribution in [0.1, 0.15) is 30.1 Å². The molecule has 25 heavy (non-hydrogen) atoms. The summed E-state index contributed by atoms with van der Waals surface area (Å²) in [5.41, 5.74) is 1.11. The number of hydrogen-bond acceptors (Lipinski definition) is 4. The van der Waals surface area contributed by atoms with Gasteiger partial charge in [-0.2, -0.15) is 0 Å². The Morgan fingerprint density at radius 3 is 2.76 bits per heavy atom. The van der Waals surface area contributed by atoms with Crippen LogP contribution < -0.4 is 0 Å². The summed E-state index contributed by atoms with van der Waals surface area (Å²) in [4.78, 5) is 14.2. The first kappa shape index (κ1) is 18.2. The molecule has 0 N–H and O–H groups in total. The van der Waals surface area contributed by atoms with Crippen LogP contribution in [0.3, 0.4) is 0 Å². The summed E-state index contributed by atoms with van der Waals surface area (Å²) in [5, 5.41) is 9.38. The average molecular weight is 421 g/mol. The molecule has 132 valence electrons. The number of benzene rings is 1. The lowest BCUT2D eigenvalue weighted by atomic mass is 10.2. The molecule has 1 amide bonds. The van der Waals surface area contributed by atoms with Crippen LogP contribution in [0.5, 0.6) is 0 Å². The minimum Gasteiger partial charge on any atom is -0.341 e. The van der Waals surface area contributed by atoms with E-state index in [1.807, 2.05) is 37.4 Å².